The van der Waals surface area contributed by atoms with Gasteiger partial charge in [0.1, 0.15) is 11.5 Å². The zero-order chi connectivity index (χ0) is 17.4. The van der Waals surface area contributed by atoms with Crippen molar-refractivity contribution in [1.29, 1.82) is 0 Å². The summed E-state index contributed by atoms with van der Waals surface area (Å²) < 4.78 is 55.9. The molecule has 1 fully saturated rings. The smallest absolute Gasteiger partial charge is 0.276 e. The summed E-state index contributed by atoms with van der Waals surface area (Å²) >= 11 is 1.39. The summed E-state index contributed by atoms with van der Waals surface area (Å²) in [5, 5.41) is 2.31. The third kappa shape index (κ3) is 3.88. The van der Waals surface area contributed by atoms with Crippen LogP contribution in [0, 0.1) is 6.92 Å². The minimum absolute atomic E-state index is 0.125. The molecule has 7 nitrogen and oxygen atoms in total. The van der Waals surface area contributed by atoms with Crippen LogP contribution in [-0.4, -0.2) is 39.2 Å². The van der Waals surface area contributed by atoms with Crippen LogP contribution in [0.3, 0.4) is 0 Å². The Labute approximate surface area is 145 Å². The molecule has 0 atom stereocenters. The molecule has 0 unspecified atom stereocenters. The number of nitrogens with zero attached hydrogens (tertiary/aromatic N) is 2. The Morgan fingerprint density at radius 3 is 2.50 bits per heavy atom. The molecule has 0 radical (unpaired) electrons. The van der Waals surface area contributed by atoms with Crippen molar-refractivity contribution < 1.29 is 21.3 Å². The molecule has 0 aliphatic carbocycles. The summed E-state index contributed by atoms with van der Waals surface area (Å²) in [5.41, 5.74) is 0.494. The van der Waals surface area contributed by atoms with Gasteiger partial charge in [0.15, 0.2) is 9.84 Å². The Bertz CT molecular complexity index is 921. The maximum Gasteiger partial charge on any atom is 0.276 e. The predicted octanol–water partition coefficient (Wildman–Crippen LogP) is 1.94. The molecule has 3 heterocycles. The Kier molecular flexibility index (Phi) is 4.82. The van der Waals surface area contributed by atoms with E-state index < -0.39 is 19.9 Å². The quantitative estimate of drug-likeness (QED) is 0.748. The van der Waals surface area contributed by atoms with Crippen LogP contribution in [0.25, 0.3) is 0 Å². The van der Waals surface area contributed by atoms with Crippen LogP contribution < -0.4 is 0 Å². The molecule has 0 saturated carbocycles. The molecule has 2 aromatic rings. The Morgan fingerprint density at radius 1 is 1.17 bits per heavy atom. The van der Waals surface area contributed by atoms with Gasteiger partial charge in [-0.1, -0.05) is 0 Å². The molecule has 0 bridgehead atoms. The predicted molar refractivity (Wildman–Crippen MR) is 89.9 cm³/mol. The van der Waals surface area contributed by atoms with Crippen LogP contribution in [0.2, 0.25) is 0 Å². The fourth-order valence-electron chi connectivity index (χ4n) is 2.60. The zero-order valence-corrected chi connectivity index (χ0v) is 15.6. The lowest BCUT2D eigenvalue weighted by atomic mass is 10.4. The van der Waals surface area contributed by atoms with Gasteiger partial charge in [-0.25, -0.2) is 21.8 Å². The van der Waals surface area contributed by atoms with Gasteiger partial charge >= 0.3 is 0 Å². The molecule has 0 N–H and O–H groups in total. The molecule has 2 aromatic heterocycles. The van der Waals surface area contributed by atoms with E-state index in [1.807, 2.05) is 6.92 Å². The number of aromatic nitrogens is 1. The topological polar surface area (TPSA) is 97.5 Å². The highest BCUT2D eigenvalue weighted by molar-refractivity contribution is 7.90. The van der Waals surface area contributed by atoms with Gasteiger partial charge in [0.2, 0.25) is 5.09 Å². The van der Waals surface area contributed by atoms with Gasteiger partial charge in [0, 0.05) is 18.5 Å². The number of aryl methyl sites for hydroxylation is 1. The highest BCUT2D eigenvalue weighted by Crippen LogP contribution is 2.24. The lowest BCUT2D eigenvalue weighted by Crippen LogP contribution is -2.27. The molecule has 0 amide bonds. The molecule has 1 saturated heterocycles. The van der Waals surface area contributed by atoms with Crippen molar-refractivity contribution in [2.24, 2.45) is 0 Å². The van der Waals surface area contributed by atoms with Gasteiger partial charge in [-0.3, -0.25) is 0 Å². The molecular weight excluding hydrogens is 372 g/mol. The number of sulfone groups is 1. The van der Waals surface area contributed by atoms with E-state index in [0.29, 0.717) is 18.8 Å². The fourth-order valence-corrected chi connectivity index (χ4v) is 6.05. The summed E-state index contributed by atoms with van der Waals surface area (Å²) in [6.07, 6.45) is 1.66. The van der Waals surface area contributed by atoms with Gasteiger partial charge in [0.25, 0.3) is 10.0 Å². The third-order valence-electron chi connectivity index (χ3n) is 3.69. The second-order valence-electron chi connectivity index (χ2n) is 5.72. The number of sulfonamides is 1. The standard InChI is InChI=1S/C14H18N2O5S3/c1-11-15-12(8-22-11)9-23(17,18)10-13-4-5-14(21-13)24(19,20)16-6-2-3-7-16/h4-5,8H,2-3,6-7,9-10H2,1H3. The van der Waals surface area contributed by atoms with Crippen molar-refractivity contribution in [3.8, 4) is 0 Å². The summed E-state index contributed by atoms with van der Waals surface area (Å²) in [6.45, 7) is 2.75. The van der Waals surface area contributed by atoms with Crippen LogP contribution in [0.15, 0.2) is 27.0 Å². The summed E-state index contributed by atoms with van der Waals surface area (Å²) in [5.74, 6) is -0.412. The normalized spacial score (nSPS) is 16.7. The van der Waals surface area contributed by atoms with Gasteiger partial charge in [-0.2, -0.15) is 4.31 Å². The first-order valence-electron chi connectivity index (χ1n) is 7.46. The van der Waals surface area contributed by atoms with E-state index in [1.165, 1.54) is 27.8 Å². The molecule has 0 spiro atoms. The van der Waals surface area contributed by atoms with Crippen LogP contribution in [-0.2, 0) is 31.4 Å². The highest BCUT2D eigenvalue weighted by atomic mass is 32.2. The Hall–Kier alpha value is -1.23. The van der Waals surface area contributed by atoms with Crippen molar-refractivity contribution in [1.82, 2.24) is 9.29 Å². The van der Waals surface area contributed by atoms with Gasteiger partial charge in [-0.05, 0) is 31.9 Å². The average molecular weight is 391 g/mol. The lowest BCUT2D eigenvalue weighted by Gasteiger charge is -2.12. The second kappa shape index (κ2) is 6.58. The number of furan rings is 1. The van der Waals surface area contributed by atoms with Crippen molar-refractivity contribution in [3.05, 3.63) is 34.0 Å². The second-order valence-corrected chi connectivity index (χ2v) is 10.7. The van der Waals surface area contributed by atoms with Crippen molar-refractivity contribution in [2.75, 3.05) is 13.1 Å². The SMILES string of the molecule is Cc1nc(CS(=O)(=O)Cc2ccc(S(=O)(=O)N3CCCC3)o2)cs1. The summed E-state index contributed by atoms with van der Waals surface area (Å²) in [6, 6.07) is 2.73. The monoisotopic (exact) mass is 390 g/mol. The molecular formula is C14H18N2O5S3. The van der Waals surface area contributed by atoms with E-state index in [-0.39, 0.29) is 22.4 Å². The molecule has 10 heteroatoms. The minimum atomic E-state index is -3.67. The molecule has 24 heavy (non-hydrogen) atoms. The molecule has 0 aromatic carbocycles. The van der Waals surface area contributed by atoms with E-state index >= 15 is 0 Å². The van der Waals surface area contributed by atoms with Crippen molar-refractivity contribution >= 4 is 31.2 Å². The van der Waals surface area contributed by atoms with Gasteiger partial charge in [0.05, 0.1) is 16.5 Å². The maximum absolute atomic E-state index is 12.4. The summed E-state index contributed by atoms with van der Waals surface area (Å²) in [7, 11) is -7.15. The van der Waals surface area contributed by atoms with E-state index in [1.54, 1.807) is 5.38 Å². The van der Waals surface area contributed by atoms with Crippen LogP contribution in [0.5, 0.6) is 0 Å². The Balaban J connectivity index is 1.73. The van der Waals surface area contributed by atoms with Gasteiger partial charge in [-0.15, -0.1) is 11.3 Å². The third-order valence-corrected chi connectivity index (χ3v) is 7.75. The van der Waals surface area contributed by atoms with E-state index in [0.717, 1.165) is 17.8 Å². The fraction of sp³-hybridized carbons (Fsp3) is 0.500. The average Bonchev–Trinajstić information content (AvgIpc) is 3.19. The molecule has 1 aliphatic heterocycles. The summed E-state index contributed by atoms with van der Waals surface area (Å²) in [4.78, 5) is 4.14. The van der Waals surface area contributed by atoms with E-state index in [2.05, 4.69) is 4.98 Å². The first-order chi connectivity index (χ1) is 11.3. The number of hydrogen-bond acceptors (Lipinski definition) is 7. The molecule has 3 rings (SSSR count). The van der Waals surface area contributed by atoms with Crippen LogP contribution in [0.1, 0.15) is 29.3 Å². The molecule has 1 aliphatic rings. The van der Waals surface area contributed by atoms with Gasteiger partial charge < -0.3 is 4.42 Å². The van der Waals surface area contributed by atoms with Crippen molar-refractivity contribution in [2.45, 2.75) is 36.4 Å². The highest BCUT2D eigenvalue weighted by Gasteiger charge is 2.30. The molecule has 132 valence electrons. The first-order valence-corrected chi connectivity index (χ1v) is 11.6. The first kappa shape index (κ1) is 17.6. The Morgan fingerprint density at radius 2 is 1.88 bits per heavy atom. The zero-order valence-electron chi connectivity index (χ0n) is 13.1. The van der Waals surface area contributed by atoms with E-state index in [9.17, 15) is 16.8 Å². The maximum atomic E-state index is 12.4. The van der Waals surface area contributed by atoms with Crippen LogP contribution in [0.4, 0.5) is 0 Å². The largest absolute Gasteiger partial charge is 0.447 e. The lowest BCUT2D eigenvalue weighted by molar-refractivity contribution is 0.395. The number of hydrogen-bond donors (Lipinski definition) is 0. The number of rotatable bonds is 6. The van der Waals surface area contributed by atoms with Crippen LogP contribution >= 0.6 is 11.3 Å². The van der Waals surface area contributed by atoms with Crippen molar-refractivity contribution in [3.63, 3.8) is 0 Å². The number of thiazole rings is 1. The minimum Gasteiger partial charge on any atom is -0.447 e. The van der Waals surface area contributed by atoms with E-state index in [4.69, 9.17) is 4.42 Å².